The molecule has 0 saturated carbocycles. The zero-order chi connectivity index (χ0) is 9.61. The summed E-state index contributed by atoms with van der Waals surface area (Å²) in [7, 11) is -1.89. The highest BCUT2D eigenvalue weighted by Crippen LogP contribution is 2.18. The Hall–Kier alpha value is 0.487. The number of hydrogen-bond acceptors (Lipinski definition) is 3. The van der Waals surface area contributed by atoms with Crippen molar-refractivity contribution in [3.63, 3.8) is 0 Å². The van der Waals surface area contributed by atoms with Gasteiger partial charge in [-0.3, -0.25) is 0 Å². The van der Waals surface area contributed by atoms with Gasteiger partial charge in [-0.2, -0.15) is 0 Å². The van der Waals surface area contributed by atoms with Crippen LogP contribution in [0, 0.1) is 0 Å². The quantitative estimate of drug-likeness (QED) is 0.411. The van der Waals surface area contributed by atoms with Crippen molar-refractivity contribution in [2.24, 2.45) is 0 Å². The smallest absolute Gasteiger partial charge is 0.335 e. The molecule has 0 spiro atoms. The molecule has 0 aliphatic rings. The molecule has 0 aromatic heterocycles. The lowest BCUT2D eigenvalue weighted by molar-refractivity contribution is 0.175. The molecular weight excluding hydrogens is 188 g/mol. The van der Waals surface area contributed by atoms with E-state index in [9.17, 15) is 0 Å². The van der Waals surface area contributed by atoms with Gasteiger partial charge in [0.2, 0.25) is 0 Å². The maximum atomic E-state index is 5.70. The van der Waals surface area contributed by atoms with E-state index in [0.717, 1.165) is 19.1 Å². The highest BCUT2D eigenvalue weighted by atomic mass is 32.1. The molecular formula is C8H20O2SSi. The summed E-state index contributed by atoms with van der Waals surface area (Å²) in [4.78, 5) is 0. The van der Waals surface area contributed by atoms with Gasteiger partial charge < -0.3 is 8.85 Å². The molecule has 0 fully saturated rings. The molecule has 12 heavy (non-hydrogen) atoms. The minimum Gasteiger partial charge on any atom is -0.395 e. The number of thiol groups is 1. The minimum absolute atomic E-state index is 0.0141. The van der Waals surface area contributed by atoms with Gasteiger partial charge >= 0.3 is 8.56 Å². The zero-order valence-corrected chi connectivity index (χ0v) is 10.4. The monoisotopic (exact) mass is 208 g/mol. The lowest BCUT2D eigenvalue weighted by Crippen LogP contribution is -2.40. The van der Waals surface area contributed by atoms with Crippen LogP contribution < -0.4 is 0 Å². The van der Waals surface area contributed by atoms with Crippen LogP contribution in [0.15, 0.2) is 0 Å². The van der Waals surface area contributed by atoms with Crippen LogP contribution in [-0.2, 0) is 8.85 Å². The van der Waals surface area contributed by atoms with Gasteiger partial charge in [-0.05, 0) is 26.4 Å². The second-order valence-electron chi connectivity index (χ2n) is 3.03. The average molecular weight is 208 g/mol. The van der Waals surface area contributed by atoms with Crippen LogP contribution in [0.2, 0.25) is 12.6 Å². The van der Waals surface area contributed by atoms with Gasteiger partial charge in [0.15, 0.2) is 0 Å². The fourth-order valence-corrected chi connectivity index (χ4v) is 4.52. The first-order valence-corrected chi connectivity index (χ1v) is 7.58. The van der Waals surface area contributed by atoms with Crippen LogP contribution in [0.25, 0.3) is 0 Å². The van der Waals surface area contributed by atoms with Gasteiger partial charge in [0, 0.05) is 6.61 Å². The molecule has 2 nitrogen and oxygen atoms in total. The Morgan fingerprint density at radius 2 is 2.00 bits per heavy atom. The highest BCUT2D eigenvalue weighted by molar-refractivity contribution is 7.80. The van der Waals surface area contributed by atoms with Crippen LogP contribution in [0.4, 0.5) is 0 Å². The van der Waals surface area contributed by atoms with Crippen molar-refractivity contribution in [2.75, 3.05) is 6.61 Å². The molecule has 2 atom stereocenters. The summed E-state index contributed by atoms with van der Waals surface area (Å²) in [5.41, 5.74) is -0.0141. The van der Waals surface area contributed by atoms with E-state index in [1.165, 1.54) is 0 Å². The van der Waals surface area contributed by atoms with Gasteiger partial charge in [0.1, 0.15) is 0 Å². The molecule has 0 aliphatic heterocycles. The maximum absolute atomic E-state index is 5.70. The average Bonchev–Trinajstić information content (AvgIpc) is 1.85. The lowest BCUT2D eigenvalue weighted by Gasteiger charge is -2.27. The number of hydrogen-bond donors (Lipinski definition) is 1. The normalized spacial score (nSPS) is 18.8. The fraction of sp³-hybridized carbons (Fsp3) is 1.00. The zero-order valence-electron chi connectivity index (χ0n) is 8.46. The second-order valence-corrected chi connectivity index (χ2v) is 7.05. The first-order chi connectivity index (χ1) is 5.54. The fourth-order valence-electron chi connectivity index (χ4n) is 1.29. The maximum Gasteiger partial charge on any atom is 0.335 e. The van der Waals surface area contributed by atoms with Gasteiger partial charge in [-0.1, -0.05) is 13.3 Å². The van der Waals surface area contributed by atoms with E-state index in [1.54, 1.807) is 0 Å². The predicted molar refractivity (Wildman–Crippen MR) is 57.9 cm³/mol. The van der Waals surface area contributed by atoms with Crippen LogP contribution in [0.1, 0.15) is 27.2 Å². The van der Waals surface area contributed by atoms with E-state index < -0.39 is 8.56 Å². The molecule has 0 radical (unpaired) electrons. The summed E-state index contributed by atoms with van der Waals surface area (Å²) in [6.07, 6.45) is 1.11. The Balaban J connectivity index is 3.98. The first-order valence-electron chi connectivity index (χ1n) is 4.54. The van der Waals surface area contributed by atoms with Crippen LogP contribution in [0.3, 0.4) is 0 Å². The minimum atomic E-state index is -1.89. The predicted octanol–water partition coefficient (Wildman–Crippen LogP) is 2.80. The molecule has 0 amide bonds. The SMILES string of the molecule is CCC[Si](C)(OCC)OC(C)S. The summed E-state index contributed by atoms with van der Waals surface area (Å²) in [6.45, 7) is 8.93. The van der Waals surface area contributed by atoms with Crippen LogP contribution >= 0.6 is 12.6 Å². The molecule has 0 bridgehead atoms. The van der Waals surface area contributed by atoms with Crippen molar-refractivity contribution in [2.45, 2.75) is 45.2 Å². The molecule has 74 valence electrons. The van der Waals surface area contributed by atoms with Gasteiger partial charge in [0.25, 0.3) is 0 Å². The molecule has 4 heteroatoms. The Bertz CT molecular complexity index is 114. The third-order valence-electron chi connectivity index (χ3n) is 1.57. The van der Waals surface area contributed by atoms with E-state index in [1.807, 2.05) is 13.8 Å². The number of rotatable bonds is 6. The van der Waals surface area contributed by atoms with E-state index in [0.29, 0.717) is 0 Å². The summed E-state index contributed by atoms with van der Waals surface area (Å²) in [6, 6.07) is 1.05. The van der Waals surface area contributed by atoms with Gasteiger partial charge in [0.05, 0.1) is 5.44 Å². The molecule has 0 N–H and O–H groups in total. The second kappa shape index (κ2) is 6.02. The summed E-state index contributed by atoms with van der Waals surface area (Å²) >= 11 is 4.21. The largest absolute Gasteiger partial charge is 0.395 e. The Morgan fingerprint density at radius 1 is 1.42 bits per heavy atom. The van der Waals surface area contributed by atoms with Crippen molar-refractivity contribution < 1.29 is 8.85 Å². The van der Waals surface area contributed by atoms with Gasteiger partial charge in [-0.15, -0.1) is 12.6 Å². The summed E-state index contributed by atoms with van der Waals surface area (Å²) in [5, 5.41) is 0. The highest BCUT2D eigenvalue weighted by Gasteiger charge is 2.31. The molecule has 2 unspecified atom stereocenters. The van der Waals surface area contributed by atoms with Crippen molar-refractivity contribution >= 4 is 21.2 Å². The van der Waals surface area contributed by atoms with Crippen LogP contribution in [0.5, 0.6) is 0 Å². The molecule has 0 aromatic rings. The van der Waals surface area contributed by atoms with E-state index in [2.05, 4.69) is 26.1 Å². The van der Waals surface area contributed by atoms with E-state index >= 15 is 0 Å². The summed E-state index contributed by atoms with van der Waals surface area (Å²) in [5.74, 6) is 0. The Kier molecular flexibility index (Phi) is 6.26. The molecule has 0 aliphatic carbocycles. The van der Waals surface area contributed by atoms with Crippen molar-refractivity contribution in [1.82, 2.24) is 0 Å². The lowest BCUT2D eigenvalue weighted by atomic mass is 10.6. The van der Waals surface area contributed by atoms with Crippen molar-refractivity contribution in [1.29, 1.82) is 0 Å². The molecule has 0 rings (SSSR count). The molecule has 0 aromatic carbocycles. The van der Waals surface area contributed by atoms with Crippen molar-refractivity contribution in [3.05, 3.63) is 0 Å². The standard InChI is InChI=1S/C8H20O2SSi/c1-5-7-12(4,9-6-2)10-8(3)11/h8,11H,5-7H2,1-4H3. The third kappa shape index (κ3) is 5.19. The first kappa shape index (κ1) is 12.5. The van der Waals surface area contributed by atoms with E-state index in [4.69, 9.17) is 8.85 Å². The van der Waals surface area contributed by atoms with Gasteiger partial charge in [-0.25, -0.2) is 0 Å². The Labute approximate surface area is 82.3 Å². The topological polar surface area (TPSA) is 18.5 Å². The molecule has 0 saturated heterocycles. The molecule has 0 heterocycles. The Morgan fingerprint density at radius 3 is 2.33 bits per heavy atom. The van der Waals surface area contributed by atoms with Crippen LogP contribution in [-0.4, -0.2) is 20.6 Å². The van der Waals surface area contributed by atoms with E-state index in [-0.39, 0.29) is 5.44 Å². The van der Waals surface area contributed by atoms with Crippen molar-refractivity contribution in [3.8, 4) is 0 Å². The summed E-state index contributed by atoms with van der Waals surface area (Å²) < 4.78 is 11.3. The third-order valence-corrected chi connectivity index (χ3v) is 5.04.